The lowest BCUT2D eigenvalue weighted by Crippen LogP contribution is -2.44. The highest BCUT2D eigenvalue weighted by molar-refractivity contribution is 7.91. The molecule has 7 nitrogen and oxygen atoms in total. The number of rotatable bonds is 7. The number of nitrogens with zero attached hydrogens (tertiary/aromatic N) is 1. The van der Waals surface area contributed by atoms with Crippen LogP contribution in [0, 0.1) is 0 Å². The van der Waals surface area contributed by atoms with Crippen LogP contribution in [-0.4, -0.2) is 30.2 Å². The van der Waals surface area contributed by atoms with Crippen LogP contribution in [0.3, 0.4) is 0 Å². The van der Waals surface area contributed by atoms with Gasteiger partial charge in [0, 0.05) is 18.9 Å². The topological polar surface area (TPSA) is 110 Å². The highest BCUT2D eigenvalue weighted by atomic mass is 32.2. The molecular formula is C20H16F2N2O5S2. The molecule has 162 valence electrons. The number of nitrogens with one attached hydrogen (secondary N) is 1. The molecule has 1 saturated carbocycles. The molecule has 0 amide bonds. The number of aromatic nitrogens is 1. The lowest BCUT2D eigenvalue weighted by Gasteiger charge is -2.14. The van der Waals surface area contributed by atoms with Crippen molar-refractivity contribution in [3.8, 4) is 10.6 Å². The molecule has 1 aliphatic carbocycles. The Labute approximate surface area is 180 Å². The van der Waals surface area contributed by atoms with Gasteiger partial charge in [0.05, 0.1) is 4.88 Å². The van der Waals surface area contributed by atoms with Gasteiger partial charge in [-0.05, 0) is 23.3 Å². The van der Waals surface area contributed by atoms with Gasteiger partial charge in [-0.15, -0.1) is 11.3 Å². The van der Waals surface area contributed by atoms with E-state index in [-0.39, 0.29) is 20.4 Å². The number of alkyl halides is 2. The molecule has 2 N–H and O–H groups in total. The summed E-state index contributed by atoms with van der Waals surface area (Å²) < 4.78 is 59.3. The van der Waals surface area contributed by atoms with E-state index in [0.717, 1.165) is 17.4 Å². The normalized spacial score (nSPS) is 21.3. The van der Waals surface area contributed by atoms with E-state index in [1.807, 2.05) is 0 Å². The molecule has 31 heavy (non-hydrogen) atoms. The summed E-state index contributed by atoms with van der Waals surface area (Å²) in [6.07, 6.45) is 0. The summed E-state index contributed by atoms with van der Waals surface area (Å²) in [6.45, 7) is 4.41. The third-order valence-corrected chi connectivity index (χ3v) is 8.08. The van der Waals surface area contributed by atoms with Crippen LogP contribution in [0.15, 0.2) is 69.4 Å². The maximum Gasteiger partial charge on any atom is 0.330 e. The Balaban J connectivity index is 1.63. The molecule has 0 saturated heterocycles. The van der Waals surface area contributed by atoms with Crippen molar-refractivity contribution in [2.24, 2.45) is 0 Å². The summed E-state index contributed by atoms with van der Waals surface area (Å²) in [5, 5.41) is 13.4. The van der Waals surface area contributed by atoms with Crippen molar-refractivity contribution in [1.29, 1.82) is 0 Å². The van der Waals surface area contributed by atoms with Crippen LogP contribution < -0.4 is 4.72 Å². The van der Waals surface area contributed by atoms with Gasteiger partial charge >= 0.3 is 11.9 Å². The third kappa shape index (κ3) is 3.58. The minimum atomic E-state index is -4.26. The van der Waals surface area contributed by atoms with Crippen molar-refractivity contribution in [2.45, 2.75) is 28.5 Å². The maximum atomic E-state index is 13.4. The van der Waals surface area contributed by atoms with Crippen LogP contribution in [0.2, 0.25) is 0 Å². The lowest BCUT2D eigenvalue weighted by molar-refractivity contribution is -0.139. The van der Waals surface area contributed by atoms with Gasteiger partial charge in [0.2, 0.25) is 5.76 Å². The Morgan fingerprint density at radius 3 is 2.55 bits per heavy atom. The van der Waals surface area contributed by atoms with Crippen molar-refractivity contribution in [1.82, 2.24) is 9.88 Å². The Kier molecular flexibility index (Phi) is 4.87. The predicted octanol–water partition coefficient (Wildman–Crippen LogP) is 3.97. The summed E-state index contributed by atoms with van der Waals surface area (Å²) in [7, 11) is -4.26. The number of hydrogen-bond acceptors (Lipinski definition) is 6. The average molecular weight is 466 g/mol. The molecule has 1 aromatic carbocycles. The largest absolute Gasteiger partial charge is 0.480 e. The first-order chi connectivity index (χ1) is 14.5. The van der Waals surface area contributed by atoms with Gasteiger partial charge in [0.1, 0.15) is 9.90 Å². The second-order valence-corrected chi connectivity index (χ2v) is 10.2. The number of sulfonamides is 1. The first kappa shape index (κ1) is 21.3. The number of hydrogen-bond donors (Lipinski definition) is 2. The van der Waals surface area contributed by atoms with E-state index in [0.29, 0.717) is 12.5 Å². The first-order valence-electron chi connectivity index (χ1n) is 8.93. The zero-order valence-electron chi connectivity index (χ0n) is 16.0. The minimum absolute atomic E-state index is 0.0499. The first-order valence-corrected chi connectivity index (χ1v) is 11.2. The smallest absolute Gasteiger partial charge is 0.330 e. The van der Waals surface area contributed by atoms with Crippen molar-refractivity contribution in [3.63, 3.8) is 0 Å². The van der Waals surface area contributed by atoms with Crippen LogP contribution in [0.1, 0.15) is 24.2 Å². The van der Waals surface area contributed by atoms with Crippen molar-refractivity contribution >= 4 is 27.3 Å². The molecule has 1 fully saturated rings. The molecule has 1 aliphatic rings. The molecule has 0 bridgehead atoms. The highest BCUT2D eigenvalue weighted by Gasteiger charge is 2.67. The maximum absolute atomic E-state index is 13.4. The fourth-order valence-electron chi connectivity index (χ4n) is 3.38. The second-order valence-electron chi connectivity index (χ2n) is 7.17. The monoisotopic (exact) mass is 466 g/mol. The molecule has 2 heterocycles. The molecule has 0 radical (unpaired) electrons. The number of aliphatic carboxylic acids is 1. The van der Waals surface area contributed by atoms with Crippen molar-refractivity contribution < 1.29 is 31.6 Å². The van der Waals surface area contributed by atoms with Gasteiger partial charge in [-0.3, -0.25) is 0 Å². The van der Waals surface area contributed by atoms with Crippen LogP contribution in [0.4, 0.5) is 8.78 Å². The Morgan fingerprint density at radius 2 is 1.97 bits per heavy atom. The summed E-state index contributed by atoms with van der Waals surface area (Å²) in [4.78, 5) is 12.3. The van der Waals surface area contributed by atoms with E-state index >= 15 is 0 Å². The summed E-state index contributed by atoms with van der Waals surface area (Å²) in [5.41, 5.74) is -0.970. The molecule has 11 heteroatoms. The lowest BCUT2D eigenvalue weighted by atomic mass is 10.1. The number of halogens is 2. The highest BCUT2D eigenvalue weighted by Crippen LogP contribution is 2.57. The standard InChI is InChI=1S/C20H16F2N2O5S2/c1-11-17(12-6-4-3-5-7-12)20(11,18(25)26)24-31(27,28)16-9-8-14(30-16)13-10-15(29-23-13)19(2,21)22/h3-10,17,24H,1H2,2H3,(H,25,26)/t17-,20-/m0/s1. The van der Waals surface area contributed by atoms with Crippen LogP contribution in [0.25, 0.3) is 10.6 Å². The van der Waals surface area contributed by atoms with E-state index < -0.39 is 39.1 Å². The Bertz CT molecular complexity index is 1280. The molecule has 2 atom stereocenters. The summed E-state index contributed by atoms with van der Waals surface area (Å²) in [6, 6.07) is 12.3. The number of benzene rings is 1. The van der Waals surface area contributed by atoms with Crippen LogP contribution in [0.5, 0.6) is 0 Å². The minimum Gasteiger partial charge on any atom is -0.480 e. The number of carboxylic acid groups (broad SMARTS) is 1. The zero-order chi connectivity index (χ0) is 22.6. The van der Waals surface area contributed by atoms with E-state index in [9.17, 15) is 27.1 Å². The van der Waals surface area contributed by atoms with Gasteiger partial charge in [0.25, 0.3) is 10.0 Å². The summed E-state index contributed by atoms with van der Waals surface area (Å²) >= 11 is 0.755. The molecule has 0 spiro atoms. The fourth-order valence-corrected chi connectivity index (χ4v) is 6.01. The predicted molar refractivity (Wildman–Crippen MR) is 108 cm³/mol. The van der Waals surface area contributed by atoms with Gasteiger partial charge in [0.15, 0.2) is 5.54 Å². The van der Waals surface area contributed by atoms with Gasteiger partial charge in [-0.2, -0.15) is 13.5 Å². The van der Waals surface area contributed by atoms with Crippen LogP contribution >= 0.6 is 11.3 Å². The van der Waals surface area contributed by atoms with Crippen molar-refractivity contribution in [2.75, 3.05) is 0 Å². The molecule has 0 aliphatic heterocycles. The Morgan fingerprint density at radius 1 is 1.29 bits per heavy atom. The Hall–Kier alpha value is -2.89. The molecule has 2 aromatic heterocycles. The van der Waals surface area contributed by atoms with E-state index in [1.165, 1.54) is 12.1 Å². The van der Waals surface area contributed by atoms with Crippen LogP contribution in [-0.2, 0) is 20.7 Å². The van der Waals surface area contributed by atoms with E-state index in [2.05, 4.69) is 21.0 Å². The third-order valence-electron chi connectivity index (χ3n) is 5.01. The van der Waals surface area contributed by atoms with E-state index in [4.69, 9.17) is 0 Å². The van der Waals surface area contributed by atoms with Gasteiger partial charge in [-0.25, -0.2) is 13.2 Å². The average Bonchev–Trinajstić information content (AvgIpc) is 3.13. The number of thiophene rings is 1. The molecule has 3 aromatic rings. The number of carbonyl (C=O) groups is 1. The quantitative estimate of drug-likeness (QED) is 0.510. The fraction of sp³-hybridized carbons (Fsp3) is 0.200. The number of carboxylic acids is 1. The SMILES string of the molecule is C=C1[C@@H](c2ccccc2)[C@]1(NS(=O)(=O)c1ccc(-c2cc(C(C)(F)F)on2)s1)C(=O)O. The second kappa shape index (κ2) is 7.08. The van der Waals surface area contributed by atoms with Crippen molar-refractivity contribution in [3.05, 3.63) is 72.0 Å². The van der Waals surface area contributed by atoms with E-state index in [1.54, 1.807) is 30.3 Å². The summed E-state index contributed by atoms with van der Waals surface area (Å²) in [5.74, 6) is -5.96. The molecule has 4 rings (SSSR count). The molecule has 0 unspecified atom stereocenters. The van der Waals surface area contributed by atoms with Gasteiger partial charge in [-0.1, -0.05) is 42.1 Å². The molecular weight excluding hydrogens is 450 g/mol. The zero-order valence-corrected chi connectivity index (χ0v) is 17.6. The van der Waals surface area contributed by atoms with Gasteiger partial charge < -0.3 is 9.63 Å².